The van der Waals surface area contributed by atoms with E-state index in [-0.39, 0.29) is 28.9 Å². The Morgan fingerprint density at radius 3 is 2.07 bits per heavy atom. The molecular weight excluding hydrogens is 559 g/mol. The molecule has 0 fully saturated rings. The van der Waals surface area contributed by atoms with Crippen LogP contribution in [0.25, 0.3) is 0 Å². The summed E-state index contributed by atoms with van der Waals surface area (Å²) >= 11 is 5.86. The molecule has 2 aromatic carbocycles. The zero-order valence-corrected chi connectivity index (χ0v) is 23.9. The largest absolute Gasteiger partial charge is 0.573 e. The summed E-state index contributed by atoms with van der Waals surface area (Å²) in [6, 6.07) is 14.0. The van der Waals surface area contributed by atoms with E-state index in [1.165, 1.54) is 23.1 Å². The molecular formula is C30H29ClF3N3O4. The first-order valence-corrected chi connectivity index (χ1v) is 13.4. The Labute approximate surface area is 240 Å². The van der Waals surface area contributed by atoms with Gasteiger partial charge in [0.1, 0.15) is 11.4 Å². The number of ketones is 1. The van der Waals surface area contributed by atoms with E-state index in [0.717, 1.165) is 17.7 Å². The van der Waals surface area contributed by atoms with Crippen LogP contribution < -0.4 is 9.64 Å². The fourth-order valence-corrected chi connectivity index (χ4v) is 4.50. The number of aromatic nitrogens is 2. The summed E-state index contributed by atoms with van der Waals surface area (Å²) in [5.74, 6) is -1.30. The van der Waals surface area contributed by atoms with Crippen LogP contribution in [0.2, 0.25) is 0 Å². The van der Waals surface area contributed by atoms with Crippen molar-refractivity contribution in [2.24, 2.45) is 0 Å². The van der Waals surface area contributed by atoms with Gasteiger partial charge in [0.15, 0.2) is 17.4 Å². The Balaban J connectivity index is 1.90. The summed E-state index contributed by atoms with van der Waals surface area (Å²) in [6.07, 6.45) is -4.88. The SMILES string of the molecule is CC(C)c1ccc(C(=O)C2=C(OC(C)(C)C)C(=O)N(c3ccc(CCl)nn3)C2c2ccc(OC(F)(F)F)cc2)cc1. The minimum absolute atomic E-state index is 0.0231. The predicted octanol–water partition coefficient (Wildman–Crippen LogP) is 7.28. The van der Waals surface area contributed by atoms with Crippen molar-refractivity contribution in [1.82, 2.24) is 10.2 Å². The molecule has 0 aliphatic carbocycles. The van der Waals surface area contributed by atoms with Gasteiger partial charge in [-0.3, -0.25) is 14.5 Å². The van der Waals surface area contributed by atoms with Gasteiger partial charge < -0.3 is 9.47 Å². The monoisotopic (exact) mass is 587 g/mol. The molecule has 11 heteroatoms. The molecule has 0 saturated heterocycles. The van der Waals surface area contributed by atoms with Crippen LogP contribution in [0.4, 0.5) is 19.0 Å². The van der Waals surface area contributed by atoms with Gasteiger partial charge in [-0.15, -0.1) is 29.9 Å². The summed E-state index contributed by atoms with van der Waals surface area (Å²) in [5, 5.41) is 8.20. The lowest BCUT2D eigenvalue weighted by Gasteiger charge is -2.26. The molecule has 1 atom stereocenters. The van der Waals surface area contributed by atoms with E-state index in [2.05, 4.69) is 14.9 Å². The van der Waals surface area contributed by atoms with Gasteiger partial charge in [-0.05, 0) is 62.1 Å². The number of halogens is 4. The Morgan fingerprint density at radius 2 is 1.59 bits per heavy atom. The molecule has 1 aliphatic heterocycles. The molecule has 0 saturated carbocycles. The summed E-state index contributed by atoms with van der Waals surface area (Å²) in [4.78, 5) is 29.4. The number of rotatable bonds is 8. The molecule has 0 radical (unpaired) electrons. The van der Waals surface area contributed by atoms with Crippen LogP contribution in [0.15, 0.2) is 72.0 Å². The van der Waals surface area contributed by atoms with Crippen LogP contribution in [0.5, 0.6) is 5.75 Å². The number of benzene rings is 2. The van der Waals surface area contributed by atoms with Crippen LogP contribution in [0.3, 0.4) is 0 Å². The lowest BCUT2D eigenvalue weighted by Crippen LogP contribution is -2.33. The molecule has 2 heterocycles. The standard InChI is InChI=1S/C30H29ClF3N3O4/c1-17(2)18-6-8-20(9-7-18)26(38)24-25(19-10-13-22(14-11-19)40-30(32,33)34)37(23-15-12-21(16-31)35-36-23)28(39)27(24)41-29(3,4)5/h6-15,17,25H,16H2,1-5H3. The molecule has 0 bridgehead atoms. The van der Waals surface area contributed by atoms with E-state index in [1.54, 1.807) is 39.0 Å². The minimum Gasteiger partial charge on any atom is -0.482 e. The van der Waals surface area contributed by atoms with Crippen LogP contribution >= 0.6 is 11.6 Å². The highest BCUT2D eigenvalue weighted by molar-refractivity contribution is 6.21. The number of amides is 1. The van der Waals surface area contributed by atoms with Gasteiger partial charge in [-0.1, -0.05) is 50.2 Å². The Bertz CT molecular complexity index is 1450. The first-order valence-electron chi connectivity index (χ1n) is 12.8. The predicted molar refractivity (Wildman–Crippen MR) is 148 cm³/mol. The molecule has 216 valence electrons. The van der Waals surface area contributed by atoms with Crippen molar-refractivity contribution in [2.75, 3.05) is 4.90 Å². The smallest absolute Gasteiger partial charge is 0.482 e. The van der Waals surface area contributed by atoms with Crippen molar-refractivity contribution in [3.8, 4) is 5.75 Å². The Hall–Kier alpha value is -3.92. The molecule has 4 rings (SSSR count). The highest BCUT2D eigenvalue weighted by Gasteiger charge is 2.47. The number of Topliss-reactive ketones (excluding diaryl/α,β-unsaturated/α-hetero) is 1. The maximum absolute atomic E-state index is 14.1. The molecule has 0 spiro atoms. The maximum Gasteiger partial charge on any atom is 0.573 e. The molecule has 1 amide bonds. The molecule has 1 aromatic heterocycles. The number of anilines is 1. The first-order chi connectivity index (χ1) is 19.2. The normalized spacial score (nSPS) is 16.0. The number of alkyl halides is 4. The average molecular weight is 588 g/mol. The minimum atomic E-state index is -4.88. The van der Waals surface area contributed by atoms with Crippen molar-refractivity contribution in [3.63, 3.8) is 0 Å². The van der Waals surface area contributed by atoms with Crippen LogP contribution in [0, 0.1) is 0 Å². The van der Waals surface area contributed by atoms with Gasteiger partial charge in [-0.2, -0.15) is 5.10 Å². The summed E-state index contributed by atoms with van der Waals surface area (Å²) in [5.41, 5.74) is 1.31. The van der Waals surface area contributed by atoms with E-state index in [1.807, 2.05) is 26.0 Å². The molecule has 1 unspecified atom stereocenters. The van der Waals surface area contributed by atoms with Crippen LogP contribution in [-0.4, -0.2) is 33.9 Å². The lowest BCUT2D eigenvalue weighted by atomic mass is 9.91. The van der Waals surface area contributed by atoms with Gasteiger partial charge >= 0.3 is 6.36 Å². The summed E-state index contributed by atoms with van der Waals surface area (Å²) in [7, 11) is 0. The topological polar surface area (TPSA) is 81.6 Å². The Morgan fingerprint density at radius 1 is 0.951 bits per heavy atom. The van der Waals surface area contributed by atoms with E-state index >= 15 is 0 Å². The maximum atomic E-state index is 14.1. The van der Waals surface area contributed by atoms with E-state index in [0.29, 0.717) is 16.8 Å². The second-order valence-corrected chi connectivity index (χ2v) is 11.0. The van der Waals surface area contributed by atoms with Gasteiger partial charge in [0, 0.05) is 5.56 Å². The van der Waals surface area contributed by atoms with Crippen molar-refractivity contribution >= 4 is 29.1 Å². The number of nitrogens with zero attached hydrogens (tertiary/aromatic N) is 3. The molecule has 7 nitrogen and oxygen atoms in total. The molecule has 41 heavy (non-hydrogen) atoms. The number of ether oxygens (including phenoxy) is 2. The van der Waals surface area contributed by atoms with Gasteiger partial charge in [0.25, 0.3) is 5.91 Å². The number of hydrogen-bond donors (Lipinski definition) is 0. The molecule has 0 N–H and O–H groups in total. The number of carbonyl (C=O) groups is 2. The number of hydrogen-bond acceptors (Lipinski definition) is 6. The fraction of sp³-hybridized carbons (Fsp3) is 0.333. The highest BCUT2D eigenvalue weighted by atomic mass is 35.5. The highest BCUT2D eigenvalue weighted by Crippen LogP contribution is 2.44. The zero-order valence-electron chi connectivity index (χ0n) is 23.1. The molecule has 1 aliphatic rings. The third-order valence-electron chi connectivity index (χ3n) is 6.20. The van der Waals surface area contributed by atoms with E-state index < -0.39 is 35.4 Å². The third-order valence-corrected chi connectivity index (χ3v) is 6.47. The van der Waals surface area contributed by atoms with Gasteiger partial charge in [-0.25, -0.2) is 0 Å². The Kier molecular flexibility index (Phi) is 8.44. The quantitative estimate of drug-likeness (QED) is 0.203. The lowest BCUT2D eigenvalue weighted by molar-refractivity contribution is -0.274. The van der Waals surface area contributed by atoms with Crippen molar-refractivity contribution in [2.45, 2.75) is 64.4 Å². The summed E-state index contributed by atoms with van der Waals surface area (Å²) in [6.45, 7) is 9.27. The average Bonchev–Trinajstić information content (AvgIpc) is 3.18. The van der Waals surface area contributed by atoms with Gasteiger partial charge in [0.2, 0.25) is 0 Å². The van der Waals surface area contributed by atoms with Crippen molar-refractivity contribution in [3.05, 3.63) is 94.4 Å². The zero-order chi connectivity index (χ0) is 30.1. The van der Waals surface area contributed by atoms with E-state index in [4.69, 9.17) is 16.3 Å². The summed E-state index contributed by atoms with van der Waals surface area (Å²) < 4.78 is 48.6. The van der Waals surface area contributed by atoms with Gasteiger partial charge in [0.05, 0.1) is 23.2 Å². The second-order valence-electron chi connectivity index (χ2n) is 10.8. The second kappa shape index (κ2) is 11.5. The van der Waals surface area contributed by atoms with Crippen molar-refractivity contribution in [1.29, 1.82) is 0 Å². The number of carbonyl (C=O) groups excluding carboxylic acids is 2. The van der Waals surface area contributed by atoms with Crippen LogP contribution in [-0.2, 0) is 15.4 Å². The third kappa shape index (κ3) is 6.87. The van der Waals surface area contributed by atoms with E-state index in [9.17, 15) is 22.8 Å². The van der Waals surface area contributed by atoms with Crippen LogP contribution in [0.1, 0.15) is 73.8 Å². The van der Waals surface area contributed by atoms with Crippen molar-refractivity contribution < 1.29 is 32.2 Å². The molecule has 3 aromatic rings. The first kappa shape index (κ1) is 30.0. The fourth-order valence-electron chi connectivity index (χ4n) is 4.36.